The summed E-state index contributed by atoms with van der Waals surface area (Å²) >= 11 is 1.41. The molecule has 1 aromatic carbocycles. The highest BCUT2D eigenvalue weighted by Gasteiger charge is 2.10. The summed E-state index contributed by atoms with van der Waals surface area (Å²) in [7, 11) is 0. The van der Waals surface area contributed by atoms with Crippen LogP contribution in [0.5, 0.6) is 5.75 Å². The van der Waals surface area contributed by atoms with Gasteiger partial charge in [-0.3, -0.25) is 0 Å². The predicted octanol–water partition coefficient (Wildman–Crippen LogP) is 3.72. The molecule has 0 aliphatic heterocycles. The number of pyridine rings is 1. The van der Waals surface area contributed by atoms with Crippen molar-refractivity contribution in [3.05, 3.63) is 41.0 Å². The highest BCUT2D eigenvalue weighted by atomic mass is 32.2. The number of aromatic nitrogens is 1. The Morgan fingerprint density at radius 2 is 2.04 bits per heavy atom. The Morgan fingerprint density at radius 3 is 2.67 bits per heavy atom. The number of anilines is 2. The van der Waals surface area contributed by atoms with E-state index < -0.39 is 0 Å². The molecule has 0 atom stereocenters. The van der Waals surface area contributed by atoms with Crippen molar-refractivity contribution in [3.63, 3.8) is 0 Å². The summed E-state index contributed by atoms with van der Waals surface area (Å²) in [5.74, 6) is 2.31. The van der Waals surface area contributed by atoms with Crippen LogP contribution in [0.3, 0.4) is 0 Å². The summed E-state index contributed by atoms with van der Waals surface area (Å²) in [5.41, 5.74) is 14.8. The van der Waals surface area contributed by atoms with E-state index >= 15 is 0 Å². The minimum atomic E-state index is 0.315. The van der Waals surface area contributed by atoms with Crippen LogP contribution >= 0.6 is 11.8 Å². The number of nitriles is 1. The zero-order valence-corrected chi connectivity index (χ0v) is 15.0. The maximum Gasteiger partial charge on any atom is 0.126 e. The highest BCUT2D eigenvalue weighted by Crippen LogP contribution is 2.27. The summed E-state index contributed by atoms with van der Waals surface area (Å²) in [6.45, 7) is 6.95. The molecule has 126 valence electrons. The Balaban J connectivity index is 1.94. The predicted molar refractivity (Wildman–Crippen MR) is 99.3 cm³/mol. The molecular weight excluding hydrogens is 320 g/mol. The van der Waals surface area contributed by atoms with E-state index in [9.17, 15) is 5.26 Å². The van der Waals surface area contributed by atoms with Crippen molar-refractivity contribution in [3.8, 4) is 11.8 Å². The lowest BCUT2D eigenvalue weighted by atomic mass is 9.98. The molecule has 0 radical (unpaired) electrons. The Labute approximate surface area is 147 Å². The van der Waals surface area contributed by atoms with E-state index in [2.05, 4.69) is 44.0 Å². The van der Waals surface area contributed by atoms with Crippen LogP contribution in [0.2, 0.25) is 0 Å². The standard InChI is InChI=1S/C18H22N4OS/c1-11(2)14-5-4-13(8-12(14)3)23-6-7-24-18-15(10-19)16(20)9-17(21)22-18/h4-5,8-9,11H,6-7H2,1-3H3,(H4,20,21,22). The quantitative estimate of drug-likeness (QED) is 0.613. The summed E-state index contributed by atoms with van der Waals surface area (Å²) < 4.78 is 5.78. The highest BCUT2D eigenvalue weighted by molar-refractivity contribution is 7.99. The van der Waals surface area contributed by atoms with Gasteiger partial charge in [0.2, 0.25) is 0 Å². The second-order valence-corrected chi connectivity index (χ2v) is 6.88. The third-order valence-electron chi connectivity index (χ3n) is 3.60. The van der Waals surface area contributed by atoms with Crippen molar-refractivity contribution < 1.29 is 4.74 Å². The van der Waals surface area contributed by atoms with Gasteiger partial charge in [-0.05, 0) is 36.1 Å². The lowest BCUT2D eigenvalue weighted by molar-refractivity contribution is 0.343. The summed E-state index contributed by atoms with van der Waals surface area (Å²) in [5, 5.41) is 9.72. The van der Waals surface area contributed by atoms with Gasteiger partial charge in [-0.1, -0.05) is 19.9 Å². The minimum Gasteiger partial charge on any atom is -0.493 e. The Kier molecular flexibility index (Phi) is 5.93. The molecule has 0 aliphatic rings. The van der Waals surface area contributed by atoms with Crippen LogP contribution in [-0.4, -0.2) is 17.3 Å². The second kappa shape index (κ2) is 7.93. The van der Waals surface area contributed by atoms with Gasteiger partial charge in [-0.2, -0.15) is 5.26 Å². The van der Waals surface area contributed by atoms with E-state index in [0.717, 1.165) is 5.75 Å². The second-order valence-electron chi connectivity index (χ2n) is 5.80. The fourth-order valence-electron chi connectivity index (χ4n) is 2.46. The van der Waals surface area contributed by atoms with Crippen LogP contribution in [0.1, 0.15) is 36.5 Å². The fourth-order valence-corrected chi connectivity index (χ4v) is 3.30. The molecule has 0 fully saturated rings. The van der Waals surface area contributed by atoms with Crippen LogP contribution in [-0.2, 0) is 0 Å². The molecule has 24 heavy (non-hydrogen) atoms. The Hall–Kier alpha value is -2.39. The van der Waals surface area contributed by atoms with Gasteiger partial charge in [0.15, 0.2) is 0 Å². The molecule has 5 nitrogen and oxygen atoms in total. The molecule has 1 heterocycles. The monoisotopic (exact) mass is 342 g/mol. The van der Waals surface area contributed by atoms with Crippen molar-refractivity contribution in [1.29, 1.82) is 5.26 Å². The first-order chi connectivity index (χ1) is 11.4. The van der Waals surface area contributed by atoms with E-state index in [4.69, 9.17) is 16.2 Å². The zero-order chi connectivity index (χ0) is 17.7. The topological polar surface area (TPSA) is 97.9 Å². The van der Waals surface area contributed by atoms with Crippen molar-refractivity contribution in [2.24, 2.45) is 0 Å². The molecule has 1 aromatic heterocycles. The van der Waals surface area contributed by atoms with Crippen LogP contribution in [0.4, 0.5) is 11.5 Å². The van der Waals surface area contributed by atoms with Gasteiger partial charge in [-0.25, -0.2) is 4.98 Å². The number of nitrogen functional groups attached to an aromatic ring is 2. The van der Waals surface area contributed by atoms with E-state index in [1.54, 1.807) is 0 Å². The molecule has 6 heteroatoms. The number of hydrogen-bond acceptors (Lipinski definition) is 6. The first-order valence-corrected chi connectivity index (χ1v) is 8.73. The zero-order valence-electron chi connectivity index (χ0n) is 14.2. The molecule has 0 aliphatic carbocycles. The third-order valence-corrected chi connectivity index (χ3v) is 4.54. The molecule has 0 spiro atoms. The normalized spacial score (nSPS) is 10.6. The smallest absolute Gasteiger partial charge is 0.126 e. The number of benzene rings is 1. The average Bonchev–Trinajstić information content (AvgIpc) is 2.51. The number of hydrogen-bond donors (Lipinski definition) is 2. The van der Waals surface area contributed by atoms with Crippen LogP contribution < -0.4 is 16.2 Å². The minimum absolute atomic E-state index is 0.315. The van der Waals surface area contributed by atoms with Crippen LogP contribution in [0.15, 0.2) is 29.3 Å². The first-order valence-electron chi connectivity index (χ1n) is 7.74. The number of rotatable bonds is 6. The molecule has 4 N–H and O–H groups in total. The molecule has 0 amide bonds. The molecule has 2 aromatic rings. The van der Waals surface area contributed by atoms with E-state index in [-0.39, 0.29) is 0 Å². The van der Waals surface area contributed by atoms with E-state index in [1.807, 2.05) is 6.07 Å². The van der Waals surface area contributed by atoms with E-state index in [0.29, 0.717) is 40.4 Å². The van der Waals surface area contributed by atoms with Gasteiger partial charge < -0.3 is 16.2 Å². The molecule has 2 rings (SSSR count). The first kappa shape index (κ1) is 18.0. The maximum atomic E-state index is 9.17. The van der Waals surface area contributed by atoms with Gasteiger partial charge in [0, 0.05) is 11.8 Å². The van der Waals surface area contributed by atoms with Crippen LogP contribution in [0, 0.1) is 18.3 Å². The summed E-state index contributed by atoms with van der Waals surface area (Å²) in [4.78, 5) is 4.18. The van der Waals surface area contributed by atoms with Crippen LogP contribution in [0.25, 0.3) is 0 Å². The maximum absolute atomic E-state index is 9.17. The number of aryl methyl sites for hydroxylation is 1. The van der Waals surface area contributed by atoms with Crippen molar-refractivity contribution in [1.82, 2.24) is 4.98 Å². The van der Waals surface area contributed by atoms with Crippen molar-refractivity contribution in [2.45, 2.75) is 31.7 Å². The number of ether oxygens (including phenoxy) is 1. The molecular formula is C18H22N4OS. The van der Waals surface area contributed by atoms with Gasteiger partial charge >= 0.3 is 0 Å². The van der Waals surface area contributed by atoms with Crippen molar-refractivity contribution >= 4 is 23.3 Å². The molecule has 0 bridgehead atoms. The summed E-state index contributed by atoms with van der Waals surface area (Å²) in [6, 6.07) is 9.72. The summed E-state index contributed by atoms with van der Waals surface area (Å²) in [6.07, 6.45) is 0. The Bertz CT molecular complexity index is 768. The van der Waals surface area contributed by atoms with Gasteiger partial charge in [0.1, 0.15) is 28.2 Å². The van der Waals surface area contributed by atoms with Gasteiger partial charge in [0.05, 0.1) is 12.3 Å². The number of nitrogens with zero attached hydrogens (tertiary/aromatic N) is 2. The lowest BCUT2D eigenvalue weighted by Crippen LogP contribution is -2.04. The van der Waals surface area contributed by atoms with E-state index in [1.165, 1.54) is 29.0 Å². The third kappa shape index (κ3) is 4.33. The lowest BCUT2D eigenvalue weighted by Gasteiger charge is -2.12. The van der Waals surface area contributed by atoms with Gasteiger partial charge in [0.25, 0.3) is 0 Å². The fraction of sp³-hybridized carbons (Fsp3) is 0.333. The Morgan fingerprint density at radius 1 is 1.29 bits per heavy atom. The molecule has 0 saturated carbocycles. The molecule has 0 saturated heterocycles. The number of nitrogens with two attached hydrogens (primary N) is 2. The average molecular weight is 342 g/mol. The van der Waals surface area contributed by atoms with Crippen molar-refractivity contribution in [2.75, 3.05) is 23.8 Å². The number of thioether (sulfide) groups is 1. The largest absolute Gasteiger partial charge is 0.493 e. The SMILES string of the molecule is Cc1cc(OCCSc2nc(N)cc(N)c2C#N)ccc1C(C)C. The molecule has 0 unspecified atom stereocenters. The van der Waals surface area contributed by atoms with Gasteiger partial charge in [-0.15, -0.1) is 11.8 Å².